The van der Waals surface area contributed by atoms with Gasteiger partial charge in [0, 0.05) is 25.3 Å². The zero-order chi connectivity index (χ0) is 14.5. The van der Waals surface area contributed by atoms with Gasteiger partial charge in [0.2, 0.25) is 5.91 Å². The minimum absolute atomic E-state index is 0.0117. The van der Waals surface area contributed by atoms with Crippen molar-refractivity contribution in [3.05, 3.63) is 29.8 Å². The summed E-state index contributed by atoms with van der Waals surface area (Å²) >= 11 is 0. The topological polar surface area (TPSA) is 98.7 Å². The van der Waals surface area contributed by atoms with Crippen LogP contribution in [0.1, 0.15) is 12.0 Å². The minimum atomic E-state index is -1.13. The van der Waals surface area contributed by atoms with Gasteiger partial charge in [-0.1, -0.05) is 18.2 Å². The second-order valence-electron chi connectivity index (χ2n) is 4.85. The highest BCUT2D eigenvalue weighted by molar-refractivity contribution is 5.86. The summed E-state index contributed by atoms with van der Waals surface area (Å²) in [5.41, 5.74) is 2.06. The van der Waals surface area contributed by atoms with E-state index >= 15 is 0 Å². The van der Waals surface area contributed by atoms with Crippen LogP contribution in [0.4, 0.5) is 5.69 Å². The van der Waals surface area contributed by atoms with Crippen molar-refractivity contribution >= 4 is 17.6 Å². The van der Waals surface area contributed by atoms with Crippen LogP contribution in [0.25, 0.3) is 0 Å². The highest BCUT2D eigenvalue weighted by atomic mass is 16.4. The monoisotopic (exact) mass is 278 g/mol. The molecule has 6 nitrogen and oxygen atoms in total. The number of carbonyl (C=O) groups is 2. The molecule has 0 radical (unpaired) electrons. The number of hydrogen-bond acceptors (Lipinski definition) is 4. The molecule has 0 bridgehead atoms. The molecule has 6 heteroatoms. The highest BCUT2D eigenvalue weighted by Crippen LogP contribution is 2.24. The van der Waals surface area contributed by atoms with E-state index in [1.165, 1.54) is 0 Å². The van der Waals surface area contributed by atoms with Gasteiger partial charge in [-0.05, 0) is 18.1 Å². The Hall–Kier alpha value is -2.08. The van der Waals surface area contributed by atoms with Crippen molar-refractivity contribution in [1.82, 2.24) is 5.32 Å². The van der Waals surface area contributed by atoms with Gasteiger partial charge in [0.05, 0.1) is 5.92 Å². The summed E-state index contributed by atoms with van der Waals surface area (Å²) in [4.78, 5) is 23.1. The van der Waals surface area contributed by atoms with E-state index in [0.29, 0.717) is 13.0 Å². The molecule has 1 aliphatic heterocycles. The van der Waals surface area contributed by atoms with Gasteiger partial charge in [-0.3, -0.25) is 4.79 Å². The van der Waals surface area contributed by atoms with E-state index in [1.807, 2.05) is 24.3 Å². The molecular weight excluding hydrogens is 260 g/mol. The van der Waals surface area contributed by atoms with Crippen LogP contribution in [0.3, 0.4) is 0 Å². The molecule has 1 unspecified atom stereocenters. The van der Waals surface area contributed by atoms with E-state index in [4.69, 9.17) is 10.2 Å². The Morgan fingerprint density at radius 1 is 1.40 bits per heavy atom. The first-order chi connectivity index (χ1) is 9.61. The minimum Gasteiger partial charge on any atom is -0.480 e. The Morgan fingerprint density at radius 2 is 2.15 bits per heavy atom. The maximum absolute atomic E-state index is 12.1. The number of para-hydroxylation sites is 1. The number of anilines is 1. The Bertz CT molecular complexity index is 504. The molecule has 0 aromatic heterocycles. The first-order valence-electron chi connectivity index (χ1n) is 6.57. The normalized spacial score (nSPS) is 18.6. The van der Waals surface area contributed by atoms with Crippen molar-refractivity contribution in [3.63, 3.8) is 0 Å². The van der Waals surface area contributed by atoms with Gasteiger partial charge in [-0.25, -0.2) is 4.79 Å². The Morgan fingerprint density at radius 3 is 2.85 bits per heavy atom. The molecule has 0 saturated carbocycles. The molecule has 1 aromatic carbocycles. The van der Waals surface area contributed by atoms with Gasteiger partial charge in [-0.15, -0.1) is 0 Å². The van der Waals surface area contributed by atoms with Crippen molar-refractivity contribution in [2.24, 2.45) is 5.92 Å². The highest BCUT2D eigenvalue weighted by Gasteiger charge is 2.27. The molecule has 0 saturated heterocycles. The lowest BCUT2D eigenvalue weighted by Gasteiger charge is -2.26. The lowest BCUT2D eigenvalue weighted by atomic mass is 9.93. The standard InChI is InChI=1S/C14H18N2O4/c17-6-5-12(14(19)20)16-13(18)10-7-9-3-1-2-4-11(9)15-8-10/h1-4,10,12,15,17H,5-8H2,(H,16,18)(H,19,20)/t10?,12-/m0/s1. The van der Waals surface area contributed by atoms with E-state index in [1.54, 1.807) is 0 Å². The summed E-state index contributed by atoms with van der Waals surface area (Å²) in [6, 6.07) is 6.70. The largest absolute Gasteiger partial charge is 0.480 e. The number of benzene rings is 1. The molecule has 1 amide bonds. The van der Waals surface area contributed by atoms with Gasteiger partial charge in [-0.2, -0.15) is 0 Å². The maximum atomic E-state index is 12.1. The van der Waals surface area contributed by atoms with E-state index in [0.717, 1.165) is 11.3 Å². The van der Waals surface area contributed by atoms with Crippen LogP contribution in [0.2, 0.25) is 0 Å². The van der Waals surface area contributed by atoms with Crippen molar-refractivity contribution in [3.8, 4) is 0 Å². The molecule has 0 spiro atoms. The first kappa shape index (κ1) is 14.3. The summed E-state index contributed by atoms with van der Waals surface area (Å²) in [6.07, 6.45) is 0.596. The molecular formula is C14H18N2O4. The number of carbonyl (C=O) groups excluding carboxylic acids is 1. The summed E-state index contributed by atoms with van der Waals surface area (Å²) in [5, 5.41) is 23.4. The average Bonchev–Trinajstić information content (AvgIpc) is 2.46. The Labute approximate surface area is 116 Å². The van der Waals surface area contributed by atoms with Crippen molar-refractivity contribution in [2.75, 3.05) is 18.5 Å². The predicted octanol–water partition coefficient (Wildman–Crippen LogP) is 0.223. The molecule has 0 aliphatic carbocycles. The molecule has 108 valence electrons. The Kier molecular flexibility index (Phi) is 4.57. The van der Waals surface area contributed by atoms with E-state index in [9.17, 15) is 9.59 Å². The SMILES string of the molecule is O=C(N[C@@H](CCO)C(=O)O)C1CNc2ccccc2C1. The number of fused-ring (bicyclic) bond motifs is 1. The van der Waals surface area contributed by atoms with Crippen LogP contribution in [0.15, 0.2) is 24.3 Å². The molecule has 0 fully saturated rings. The maximum Gasteiger partial charge on any atom is 0.326 e. The van der Waals surface area contributed by atoms with Crippen molar-refractivity contribution < 1.29 is 19.8 Å². The molecule has 2 atom stereocenters. The average molecular weight is 278 g/mol. The van der Waals surface area contributed by atoms with Crippen LogP contribution in [0, 0.1) is 5.92 Å². The van der Waals surface area contributed by atoms with E-state index in [2.05, 4.69) is 10.6 Å². The number of amides is 1. The summed E-state index contributed by atoms with van der Waals surface area (Å²) in [7, 11) is 0. The summed E-state index contributed by atoms with van der Waals surface area (Å²) in [6.45, 7) is 0.206. The summed E-state index contributed by atoms with van der Waals surface area (Å²) in [5.74, 6) is -1.73. The quantitative estimate of drug-likeness (QED) is 0.617. The number of rotatable bonds is 5. The number of aliphatic hydroxyl groups excluding tert-OH is 1. The lowest BCUT2D eigenvalue weighted by molar-refractivity contribution is -0.142. The van der Waals surface area contributed by atoms with Crippen LogP contribution >= 0.6 is 0 Å². The third-order valence-electron chi connectivity index (χ3n) is 3.43. The number of carboxylic acids is 1. The van der Waals surface area contributed by atoms with Crippen LogP contribution in [0.5, 0.6) is 0 Å². The fourth-order valence-corrected chi connectivity index (χ4v) is 2.30. The van der Waals surface area contributed by atoms with Crippen molar-refractivity contribution in [2.45, 2.75) is 18.9 Å². The third-order valence-corrected chi connectivity index (χ3v) is 3.43. The van der Waals surface area contributed by atoms with E-state index < -0.39 is 12.0 Å². The molecule has 1 aliphatic rings. The predicted molar refractivity (Wildman–Crippen MR) is 73.4 cm³/mol. The van der Waals surface area contributed by atoms with Gasteiger partial charge in [0.1, 0.15) is 6.04 Å². The molecule has 1 heterocycles. The zero-order valence-corrected chi connectivity index (χ0v) is 11.0. The van der Waals surface area contributed by atoms with Crippen LogP contribution in [-0.2, 0) is 16.0 Å². The molecule has 4 N–H and O–H groups in total. The second-order valence-corrected chi connectivity index (χ2v) is 4.85. The zero-order valence-electron chi connectivity index (χ0n) is 11.0. The summed E-state index contributed by atoms with van der Waals surface area (Å²) < 4.78 is 0. The number of hydrogen-bond donors (Lipinski definition) is 4. The van der Waals surface area contributed by atoms with Gasteiger partial charge >= 0.3 is 5.97 Å². The second kappa shape index (κ2) is 6.38. The molecule has 20 heavy (non-hydrogen) atoms. The number of nitrogens with one attached hydrogen (secondary N) is 2. The van der Waals surface area contributed by atoms with Gasteiger partial charge in [0.15, 0.2) is 0 Å². The van der Waals surface area contributed by atoms with Gasteiger partial charge < -0.3 is 20.8 Å². The van der Waals surface area contributed by atoms with E-state index in [-0.39, 0.29) is 24.9 Å². The number of aliphatic carboxylic acids is 1. The molecule has 2 rings (SSSR count). The van der Waals surface area contributed by atoms with Gasteiger partial charge in [0.25, 0.3) is 0 Å². The smallest absolute Gasteiger partial charge is 0.326 e. The van der Waals surface area contributed by atoms with Crippen molar-refractivity contribution in [1.29, 1.82) is 0 Å². The number of aliphatic hydroxyl groups is 1. The Balaban J connectivity index is 1.99. The van der Waals surface area contributed by atoms with Crippen LogP contribution in [-0.4, -0.2) is 41.3 Å². The fourth-order valence-electron chi connectivity index (χ4n) is 2.30. The number of carboxylic acid groups (broad SMARTS) is 1. The van der Waals surface area contributed by atoms with Crippen LogP contribution < -0.4 is 10.6 Å². The third kappa shape index (κ3) is 3.27. The fraction of sp³-hybridized carbons (Fsp3) is 0.429. The molecule has 1 aromatic rings. The first-order valence-corrected chi connectivity index (χ1v) is 6.57. The lowest BCUT2D eigenvalue weighted by Crippen LogP contribution is -2.46.